The lowest BCUT2D eigenvalue weighted by Gasteiger charge is -2.07. The van der Waals surface area contributed by atoms with Crippen molar-refractivity contribution in [1.29, 1.82) is 0 Å². The van der Waals surface area contributed by atoms with Crippen LogP contribution in [0.2, 0.25) is 0 Å². The number of anilines is 1. The number of para-hydroxylation sites is 1. The van der Waals surface area contributed by atoms with E-state index >= 15 is 0 Å². The summed E-state index contributed by atoms with van der Waals surface area (Å²) in [5, 5.41) is 4.78. The summed E-state index contributed by atoms with van der Waals surface area (Å²) in [6.07, 6.45) is 2.28. The summed E-state index contributed by atoms with van der Waals surface area (Å²) < 4.78 is 0. The van der Waals surface area contributed by atoms with Crippen LogP contribution >= 0.6 is 11.8 Å². The molecule has 0 aliphatic heterocycles. The molecule has 0 aliphatic carbocycles. The summed E-state index contributed by atoms with van der Waals surface area (Å²) in [7, 11) is 0. The highest BCUT2D eigenvalue weighted by atomic mass is 32.2. The van der Waals surface area contributed by atoms with Gasteiger partial charge in [0.2, 0.25) is 0 Å². The number of carbonyl (C=O) groups excluding carboxylic acids is 1. The molecule has 0 fully saturated rings. The van der Waals surface area contributed by atoms with E-state index in [4.69, 9.17) is 0 Å². The van der Waals surface area contributed by atoms with Crippen LogP contribution in [0.15, 0.2) is 89.2 Å². The van der Waals surface area contributed by atoms with Crippen LogP contribution in [0.25, 0.3) is 0 Å². The van der Waals surface area contributed by atoms with Gasteiger partial charge in [-0.3, -0.25) is 4.79 Å². The van der Waals surface area contributed by atoms with Gasteiger partial charge in [-0.15, -0.1) is 6.58 Å². The van der Waals surface area contributed by atoms with Gasteiger partial charge in [0.05, 0.1) is 0 Å². The fraction of sp³-hybridized carbons (Fsp3) is 0.0556. The molecule has 0 saturated carbocycles. The van der Waals surface area contributed by atoms with Crippen LogP contribution in [-0.4, -0.2) is 5.91 Å². The van der Waals surface area contributed by atoms with Gasteiger partial charge >= 0.3 is 0 Å². The van der Waals surface area contributed by atoms with Gasteiger partial charge in [-0.05, 0) is 36.1 Å². The molecule has 0 atom stereocenters. The molecule has 1 amide bonds. The van der Waals surface area contributed by atoms with Crippen molar-refractivity contribution in [2.24, 2.45) is 0 Å². The van der Waals surface area contributed by atoms with E-state index in [1.807, 2.05) is 66.1 Å². The SMILES string of the molecule is C=CC/C(=C/Sc1ccccc1)C(=O)Nc1ccccc1. The molecule has 0 aliphatic rings. The van der Waals surface area contributed by atoms with E-state index in [1.54, 1.807) is 6.08 Å². The number of hydrogen-bond acceptors (Lipinski definition) is 2. The van der Waals surface area contributed by atoms with Gasteiger partial charge in [0.1, 0.15) is 0 Å². The number of carbonyl (C=O) groups is 1. The second-order valence-corrected chi connectivity index (χ2v) is 5.33. The molecule has 0 saturated heterocycles. The minimum atomic E-state index is -0.0930. The minimum Gasteiger partial charge on any atom is -0.322 e. The Morgan fingerprint density at radius 2 is 1.67 bits per heavy atom. The molecule has 0 spiro atoms. The van der Waals surface area contributed by atoms with Crippen molar-refractivity contribution in [3.63, 3.8) is 0 Å². The van der Waals surface area contributed by atoms with Crippen molar-refractivity contribution in [2.75, 3.05) is 5.32 Å². The van der Waals surface area contributed by atoms with E-state index < -0.39 is 0 Å². The quantitative estimate of drug-likeness (QED) is 0.467. The van der Waals surface area contributed by atoms with Crippen LogP contribution in [0.1, 0.15) is 6.42 Å². The highest BCUT2D eigenvalue weighted by Crippen LogP contribution is 2.22. The molecule has 2 aromatic carbocycles. The maximum absolute atomic E-state index is 12.3. The summed E-state index contributed by atoms with van der Waals surface area (Å²) in [5.41, 5.74) is 1.49. The van der Waals surface area contributed by atoms with Gasteiger partial charge in [-0.2, -0.15) is 0 Å². The highest BCUT2D eigenvalue weighted by molar-refractivity contribution is 8.02. The van der Waals surface area contributed by atoms with Crippen molar-refractivity contribution in [1.82, 2.24) is 0 Å². The van der Waals surface area contributed by atoms with E-state index in [0.717, 1.165) is 10.6 Å². The smallest absolute Gasteiger partial charge is 0.252 e. The second-order valence-electron chi connectivity index (χ2n) is 4.39. The number of thioether (sulfide) groups is 1. The Hall–Kier alpha value is -2.26. The molecule has 0 unspecified atom stereocenters. The van der Waals surface area contributed by atoms with Crippen molar-refractivity contribution in [2.45, 2.75) is 11.3 Å². The van der Waals surface area contributed by atoms with Gasteiger partial charge in [-0.25, -0.2) is 0 Å². The van der Waals surface area contributed by atoms with Gasteiger partial charge in [0.25, 0.3) is 5.91 Å². The summed E-state index contributed by atoms with van der Waals surface area (Å²) >= 11 is 1.54. The number of hydrogen-bond donors (Lipinski definition) is 1. The number of benzene rings is 2. The largest absolute Gasteiger partial charge is 0.322 e. The number of nitrogens with one attached hydrogen (secondary N) is 1. The fourth-order valence-corrected chi connectivity index (χ4v) is 2.52. The van der Waals surface area contributed by atoms with Crippen LogP contribution in [0.5, 0.6) is 0 Å². The predicted molar refractivity (Wildman–Crippen MR) is 90.3 cm³/mol. The third-order valence-corrected chi connectivity index (χ3v) is 3.71. The topological polar surface area (TPSA) is 29.1 Å². The zero-order chi connectivity index (χ0) is 14.9. The van der Waals surface area contributed by atoms with Crippen LogP contribution in [0.3, 0.4) is 0 Å². The maximum atomic E-state index is 12.3. The Bertz CT molecular complexity index is 620. The molecular weight excluding hydrogens is 278 g/mol. The third-order valence-electron chi connectivity index (χ3n) is 2.77. The Morgan fingerprint density at radius 3 is 2.29 bits per heavy atom. The number of allylic oxidation sites excluding steroid dienone is 1. The lowest BCUT2D eigenvalue weighted by Crippen LogP contribution is -2.13. The normalized spacial score (nSPS) is 11.0. The molecule has 3 heteroatoms. The molecule has 2 aromatic rings. The Morgan fingerprint density at radius 1 is 1.05 bits per heavy atom. The van der Waals surface area contributed by atoms with Crippen molar-refractivity contribution in [3.8, 4) is 0 Å². The lowest BCUT2D eigenvalue weighted by molar-refractivity contribution is -0.112. The van der Waals surface area contributed by atoms with Gasteiger partial charge in [-0.1, -0.05) is 54.2 Å². The first-order chi connectivity index (χ1) is 10.3. The van der Waals surface area contributed by atoms with E-state index in [2.05, 4.69) is 11.9 Å². The first-order valence-electron chi connectivity index (χ1n) is 6.67. The monoisotopic (exact) mass is 295 g/mol. The highest BCUT2D eigenvalue weighted by Gasteiger charge is 2.08. The molecule has 0 bridgehead atoms. The average Bonchev–Trinajstić information content (AvgIpc) is 2.53. The van der Waals surface area contributed by atoms with Gasteiger partial charge < -0.3 is 5.32 Å². The Balaban J connectivity index is 2.07. The first-order valence-corrected chi connectivity index (χ1v) is 7.55. The summed E-state index contributed by atoms with van der Waals surface area (Å²) in [6, 6.07) is 19.4. The van der Waals surface area contributed by atoms with E-state index in [-0.39, 0.29) is 5.91 Å². The minimum absolute atomic E-state index is 0.0930. The van der Waals surface area contributed by atoms with Crippen LogP contribution in [0.4, 0.5) is 5.69 Å². The maximum Gasteiger partial charge on any atom is 0.252 e. The zero-order valence-electron chi connectivity index (χ0n) is 11.7. The summed E-state index contributed by atoms with van der Waals surface area (Å²) in [4.78, 5) is 13.4. The van der Waals surface area contributed by atoms with E-state index in [9.17, 15) is 4.79 Å². The molecule has 2 nitrogen and oxygen atoms in total. The van der Waals surface area contributed by atoms with E-state index in [1.165, 1.54) is 11.8 Å². The van der Waals surface area contributed by atoms with Crippen molar-refractivity contribution >= 4 is 23.4 Å². The number of amides is 1. The number of rotatable bonds is 6. The average molecular weight is 295 g/mol. The van der Waals surface area contributed by atoms with E-state index in [0.29, 0.717) is 12.0 Å². The van der Waals surface area contributed by atoms with Crippen molar-refractivity contribution < 1.29 is 4.79 Å². The zero-order valence-corrected chi connectivity index (χ0v) is 12.5. The molecule has 2 rings (SSSR count). The fourth-order valence-electron chi connectivity index (χ4n) is 1.72. The van der Waals surface area contributed by atoms with Gasteiger partial charge in [0.15, 0.2) is 0 Å². The molecule has 21 heavy (non-hydrogen) atoms. The second kappa shape index (κ2) is 8.12. The molecule has 106 valence electrons. The molecular formula is C18H17NOS. The van der Waals surface area contributed by atoms with Crippen LogP contribution in [-0.2, 0) is 4.79 Å². The summed E-state index contributed by atoms with van der Waals surface area (Å²) in [6.45, 7) is 3.71. The lowest BCUT2D eigenvalue weighted by atomic mass is 10.2. The summed E-state index contributed by atoms with van der Waals surface area (Å²) in [5.74, 6) is -0.0930. The molecule has 0 heterocycles. The van der Waals surface area contributed by atoms with Gasteiger partial charge in [0, 0.05) is 16.2 Å². The van der Waals surface area contributed by atoms with Crippen LogP contribution in [0, 0.1) is 0 Å². The van der Waals surface area contributed by atoms with Crippen LogP contribution < -0.4 is 5.32 Å². The molecule has 0 radical (unpaired) electrons. The predicted octanol–water partition coefficient (Wildman–Crippen LogP) is 4.88. The van der Waals surface area contributed by atoms with Crippen molar-refractivity contribution in [3.05, 3.63) is 84.3 Å². The molecule has 1 N–H and O–H groups in total. The third kappa shape index (κ3) is 4.97. The Kier molecular flexibility index (Phi) is 5.85. The standard InChI is InChI=1S/C18H17NOS/c1-2-9-15(14-21-17-12-7-4-8-13-17)18(20)19-16-10-5-3-6-11-16/h2-8,10-14H,1,9H2,(H,19,20)/b15-14-. The first kappa shape index (κ1) is 15.1. The Labute approximate surface area is 129 Å². The molecule has 0 aromatic heterocycles.